The van der Waals surface area contributed by atoms with E-state index in [9.17, 15) is 14.4 Å². The Morgan fingerprint density at radius 3 is 2.16 bits per heavy atom. The minimum absolute atomic E-state index is 0.104. The van der Waals surface area contributed by atoms with Crippen LogP contribution in [0.25, 0.3) is 11.3 Å². The van der Waals surface area contributed by atoms with E-state index in [4.69, 9.17) is 30.5 Å². The van der Waals surface area contributed by atoms with Gasteiger partial charge in [-0.1, -0.05) is 11.6 Å². The number of aromatic nitrogens is 2. The first-order valence-corrected chi connectivity index (χ1v) is 11.0. The molecule has 0 saturated carbocycles. The number of hydrogen-bond acceptors (Lipinski definition) is 10. The number of ether oxygens (including phenoxy) is 4. The Hall–Kier alpha value is -2.85. The smallest absolute Gasteiger partial charge is 0.303 e. The second kappa shape index (κ2) is 10.6. The van der Waals surface area contributed by atoms with Gasteiger partial charge in [0.15, 0.2) is 34.7 Å². The van der Waals surface area contributed by atoms with Crippen molar-refractivity contribution < 1.29 is 33.3 Å². The van der Waals surface area contributed by atoms with Gasteiger partial charge in [0.05, 0.1) is 5.69 Å². The number of nitrogens with zero attached hydrogens (tertiary/aromatic N) is 2. The van der Waals surface area contributed by atoms with Gasteiger partial charge in [-0.3, -0.25) is 19.4 Å². The molecule has 0 bridgehead atoms. The van der Waals surface area contributed by atoms with Crippen LogP contribution in [-0.2, 0) is 28.6 Å². The molecule has 2 aromatic heterocycles. The Kier molecular flexibility index (Phi) is 7.92. The Balaban J connectivity index is 1.86. The zero-order valence-electron chi connectivity index (χ0n) is 17.5. The molecule has 3 rings (SSSR count). The van der Waals surface area contributed by atoms with E-state index in [0.717, 1.165) is 5.56 Å². The largest absolute Gasteiger partial charge is 0.472 e. The van der Waals surface area contributed by atoms with E-state index in [0.29, 0.717) is 5.69 Å². The van der Waals surface area contributed by atoms with Crippen LogP contribution in [0.3, 0.4) is 0 Å². The first-order valence-electron chi connectivity index (χ1n) is 9.61. The molecule has 9 nitrogen and oxygen atoms in total. The Labute approximate surface area is 193 Å². The molecule has 1 aliphatic rings. The molecule has 170 valence electrons. The van der Waals surface area contributed by atoms with Crippen LogP contribution in [0.5, 0.6) is 5.75 Å². The summed E-state index contributed by atoms with van der Waals surface area (Å²) in [5.74, 6) is -1.27. The van der Waals surface area contributed by atoms with Gasteiger partial charge in [-0.2, -0.15) is 0 Å². The molecule has 0 radical (unpaired) electrons. The Bertz CT molecular complexity index is 991. The zero-order valence-corrected chi connectivity index (χ0v) is 19.1. The van der Waals surface area contributed by atoms with E-state index in [1.807, 2.05) is 0 Å². The number of hydrogen-bond donors (Lipinski definition) is 0. The van der Waals surface area contributed by atoms with Crippen molar-refractivity contribution in [1.82, 2.24) is 9.97 Å². The number of pyridine rings is 2. The molecule has 11 heteroatoms. The average molecular weight is 481 g/mol. The molecule has 0 unspecified atom stereocenters. The van der Waals surface area contributed by atoms with Gasteiger partial charge in [0.25, 0.3) is 0 Å². The molecule has 0 aromatic carbocycles. The SMILES string of the molecule is CC(=O)O[C@@H]1[C@@H](OC(C)=O)[C@H](OC(C)=O)CS[C@H]1Oc1ccc(-c2ccncc2)nc1Cl. The second-order valence-electron chi connectivity index (χ2n) is 6.84. The maximum absolute atomic E-state index is 11.8. The fourth-order valence-electron chi connectivity index (χ4n) is 3.13. The third-order valence-corrected chi connectivity index (χ3v) is 5.82. The highest BCUT2D eigenvalue weighted by Crippen LogP contribution is 2.36. The number of carbonyl (C=O) groups is 3. The van der Waals surface area contributed by atoms with Crippen LogP contribution in [0, 0.1) is 0 Å². The molecule has 2 aromatic rings. The van der Waals surface area contributed by atoms with Crippen LogP contribution >= 0.6 is 23.4 Å². The number of carbonyl (C=O) groups excluding carboxylic acids is 3. The van der Waals surface area contributed by atoms with E-state index in [1.165, 1.54) is 32.5 Å². The molecule has 1 aliphatic heterocycles. The minimum Gasteiger partial charge on any atom is -0.472 e. The number of thioether (sulfide) groups is 1. The van der Waals surface area contributed by atoms with Crippen LogP contribution in [0.4, 0.5) is 0 Å². The molecule has 0 N–H and O–H groups in total. The van der Waals surface area contributed by atoms with Gasteiger partial charge in [0.1, 0.15) is 0 Å². The van der Waals surface area contributed by atoms with Crippen LogP contribution in [0.15, 0.2) is 36.7 Å². The summed E-state index contributed by atoms with van der Waals surface area (Å²) >= 11 is 7.58. The van der Waals surface area contributed by atoms with Crippen molar-refractivity contribution in [3.8, 4) is 17.0 Å². The molecule has 4 atom stereocenters. The van der Waals surface area contributed by atoms with E-state index >= 15 is 0 Å². The third kappa shape index (κ3) is 6.10. The van der Waals surface area contributed by atoms with Gasteiger partial charge in [-0.15, -0.1) is 11.8 Å². The van der Waals surface area contributed by atoms with Gasteiger partial charge in [0, 0.05) is 44.5 Å². The third-order valence-electron chi connectivity index (χ3n) is 4.34. The van der Waals surface area contributed by atoms with E-state index < -0.39 is 41.7 Å². The lowest BCUT2D eigenvalue weighted by Gasteiger charge is -2.39. The van der Waals surface area contributed by atoms with Crippen LogP contribution in [0.2, 0.25) is 5.15 Å². The van der Waals surface area contributed by atoms with Crippen molar-refractivity contribution in [1.29, 1.82) is 0 Å². The van der Waals surface area contributed by atoms with Crippen LogP contribution in [0.1, 0.15) is 20.8 Å². The maximum atomic E-state index is 11.8. The molecule has 1 fully saturated rings. The van der Waals surface area contributed by atoms with Crippen molar-refractivity contribution in [2.45, 2.75) is 44.5 Å². The van der Waals surface area contributed by atoms with Gasteiger partial charge in [-0.05, 0) is 24.3 Å². The standard InChI is InChI=1S/C21H21ClN2O7S/c1-11(25)28-17-10-32-21(19(30-13(3)27)18(17)29-12(2)26)31-16-5-4-15(24-20(16)22)14-6-8-23-9-7-14/h4-9,17-19,21H,10H2,1-3H3/t17-,18+,19-,21-/m1/s1. The van der Waals surface area contributed by atoms with E-state index in [1.54, 1.807) is 36.7 Å². The van der Waals surface area contributed by atoms with Gasteiger partial charge >= 0.3 is 17.9 Å². The fraction of sp³-hybridized carbons (Fsp3) is 0.381. The lowest BCUT2D eigenvalue weighted by atomic mass is 10.1. The molecule has 32 heavy (non-hydrogen) atoms. The summed E-state index contributed by atoms with van der Waals surface area (Å²) in [6.07, 6.45) is 0.386. The number of halogens is 1. The maximum Gasteiger partial charge on any atom is 0.303 e. The molecule has 0 amide bonds. The highest BCUT2D eigenvalue weighted by Gasteiger charge is 2.47. The van der Waals surface area contributed by atoms with Crippen molar-refractivity contribution >= 4 is 41.3 Å². The topological polar surface area (TPSA) is 114 Å². The highest BCUT2D eigenvalue weighted by atomic mass is 35.5. The Morgan fingerprint density at radius 2 is 1.56 bits per heavy atom. The first kappa shape index (κ1) is 23.8. The quantitative estimate of drug-likeness (QED) is 0.347. The van der Waals surface area contributed by atoms with Gasteiger partial charge < -0.3 is 18.9 Å². The predicted octanol–water partition coefficient (Wildman–Crippen LogP) is 3.04. The average Bonchev–Trinajstić information content (AvgIpc) is 2.73. The van der Waals surface area contributed by atoms with Crippen molar-refractivity contribution in [3.63, 3.8) is 0 Å². The summed E-state index contributed by atoms with van der Waals surface area (Å²) in [4.78, 5) is 43.3. The molecular formula is C21H21ClN2O7S. The lowest BCUT2D eigenvalue weighted by molar-refractivity contribution is -0.186. The van der Waals surface area contributed by atoms with Crippen molar-refractivity contribution in [3.05, 3.63) is 41.8 Å². The fourth-order valence-corrected chi connectivity index (χ4v) is 4.54. The van der Waals surface area contributed by atoms with E-state index in [-0.39, 0.29) is 16.7 Å². The van der Waals surface area contributed by atoms with Crippen molar-refractivity contribution in [2.75, 3.05) is 5.75 Å². The molecule has 0 spiro atoms. The molecular weight excluding hydrogens is 460 g/mol. The molecule has 1 saturated heterocycles. The number of esters is 3. The summed E-state index contributed by atoms with van der Waals surface area (Å²) in [6.45, 7) is 3.68. The number of rotatable bonds is 6. The lowest BCUT2D eigenvalue weighted by Crippen LogP contribution is -2.55. The summed E-state index contributed by atoms with van der Waals surface area (Å²) < 4.78 is 22.0. The molecule has 0 aliphatic carbocycles. The van der Waals surface area contributed by atoms with Crippen LogP contribution < -0.4 is 4.74 Å². The van der Waals surface area contributed by atoms with Crippen LogP contribution in [-0.4, -0.2) is 57.4 Å². The summed E-state index contributed by atoms with van der Waals surface area (Å²) in [6, 6.07) is 6.98. The van der Waals surface area contributed by atoms with Crippen molar-refractivity contribution in [2.24, 2.45) is 0 Å². The van der Waals surface area contributed by atoms with E-state index in [2.05, 4.69) is 9.97 Å². The zero-order chi connectivity index (χ0) is 23.3. The van der Waals surface area contributed by atoms with Gasteiger partial charge in [0.2, 0.25) is 0 Å². The Morgan fingerprint density at radius 1 is 0.938 bits per heavy atom. The normalized spacial score (nSPS) is 22.5. The predicted molar refractivity (Wildman–Crippen MR) is 116 cm³/mol. The summed E-state index contributed by atoms with van der Waals surface area (Å²) in [5.41, 5.74) is 0.670. The summed E-state index contributed by atoms with van der Waals surface area (Å²) in [7, 11) is 0. The minimum atomic E-state index is -1.05. The summed E-state index contributed by atoms with van der Waals surface area (Å²) in [5, 5.41) is 0.104. The first-order chi connectivity index (χ1) is 15.2. The highest BCUT2D eigenvalue weighted by molar-refractivity contribution is 7.99. The monoisotopic (exact) mass is 480 g/mol. The molecule has 3 heterocycles. The second-order valence-corrected chi connectivity index (χ2v) is 8.33. The van der Waals surface area contributed by atoms with Gasteiger partial charge in [-0.25, -0.2) is 4.98 Å².